The molecule has 0 aliphatic carbocycles. The SMILES string of the molecule is CC(C)CNC(=O)COC(=O)[C@@H]1CCCCN1C1=NS(=O)(=O)c2ccccc21. The van der Waals surface area contributed by atoms with Crippen molar-refractivity contribution in [2.24, 2.45) is 10.3 Å². The first-order valence-corrected chi connectivity index (χ1v) is 10.9. The summed E-state index contributed by atoms with van der Waals surface area (Å²) in [5.41, 5.74) is 0.497. The number of piperidine rings is 1. The molecular formula is C19H25N3O5S. The van der Waals surface area contributed by atoms with E-state index in [1.807, 2.05) is 13.8 Å². The van der Waals surface area contributed by atoms with Crippen molar-refractivity contribution in [3.05, 3.63) is 29.8 Å². The van der Waals surface area contributed by atoms with E-state index in [0.29, 0.717) is 31.0 Å². The summed E-state index contributed by atoms with van der Waals surface area (Å²) in [5.74, 6) is -0.309. The number of benzene rings is 1. The molecule has 0 spiro atoms. The minimum atomic E-state index is -3.76. The summed E-state index contributed by atoms with van der Waals surface area (Å²) in [6.45, 7) is 4.61. The van der Waals surface area contributed by atoms with Crippen molar-refractivity contribution in [3.63, 3.8) is 0 Å². The molecule has 1 aromatic carbocycles. The Morgan fingerprint density at radius 1 is 1.29 bits per heavy atom. The average Bonchev–Trinajstić information content (AvgIpc) is 2.96. The summed E-state index contributed by atoms with van der Waals surface area (Å²) in [6.07, 6.45) is 2.16. The van der Waals surface area contributed by atoms with Gasteiger partial charge in [-0.25, -0.2) is 4.79 Å². The maximum atomic E-state index is 12.6. The predicted octanol–water partition coefficient (Wildman–Crippen LogP) is 1.31. The number of carbonyl (C=O) groups is 2. The van der Waals surface area contributed by atoms with Crippen LogP contribution in [0.3, 0.4) is 0 Å². The van der Waals surface area contributed by atoms with Crippen molar-refractivity contribution in [1.29, 1.82) is 0 Å². The molecule has 1 fully saturated rings. The van der Waals surface area contributed by atoms with Crippen molar-refractivity contribution in [1.82, 2.24) is 10.2 Å². The zero-order valence-electron chi connectivity index (χ0n) is 16.1. The summed E-state index contributed by atoms with van der Waals surface area (Å²) >= 11 is 0. The molecule has 2 heterocycles. The van der Waals surface area contributed by atoms with Crippen LogP contribution in [0, 0.1) is 5.92 Å². The minimum absolute atomic E-state index is 0.149. The Labute approximate surface area is 165 Å². The van der Waals surface area contributed by atoms with E-state index in [4.69, 9.17) is 4.74 Å². The number of nitrogens with zero attached hydrogens (tertiary/aromatic N) is 2. The Balaban J connectivity index is 1.73. The number of carbonyl (C=O) groups excluding carboxylic acids is 2. The molecule has 28 heavy (non-hydrogen) atoms. The zero-order valence-corrected chi connectivity index (χ0v) is 16.9. The molecule has 1 N–H and O–H groups in total. The monoisotopic (exact) mass is 407 g/mol. The van der Waals surface area contributed by atoms with Gasteiger partial charge in [0.25, 0.3) is 15.9 Å². The van der Waals surface area contributed by atoms with Gasteiger partial charge >= 0.3 is 5.97 Å². The molecule has 1 amide bonds. The molecule has 9 heteroatoms. The van der Waals surface area contributed by atoms with Gasteiger partial charge in [0.05, 0.1) is 0 Å². The molecule has 0 bridgehead atoms. The van der Waals surface area contributed by atoms with Gasteiger partial charge in [0.15, 0.2) is 12.4 Å². The maximum absolute atomic E-state index is 12.6. The van der Waals surface area contributed by atoms with Crippen LogP contribution < -0.4 is 5.32 Å². The number of amides is 1. The lowest BCUT2D eigenvalue weighted by Gasteiger charge is -2.35. The molecule has 1 aromatic rings. The van der Waals surface area contributed by atoms with Crippen LogP contribution in [-0.2, 0) is 24.3 Å². The van der Waals surface area contributed by atoms with Gasteiger partial charge in [0.1, 0.15) is 10.9 Å². The number of ether oxygens (including phenoxy) is 1. The van der Waals surface area contributed by atoms with Crippen LogP contribution in [0.2, 0.25) is 0 Å². The highest BCUT2D eigenvalue weighted by molar-refractivity contribution is 7.90. The number of fused-ring (bicyclic) bond motifs is 1. The second kappa shape index (κ2) is 8.30. The molecule has 1 atom stereocenters. The second-order valence-corrected chi connectivity index (χ2v) is 8.97. The summed E-state index contributed by atoms with van der Waals surface area (Å²) in [4.78, 5) is 26.3. The zero-order chi connectivity index (χ0) is 20.3. The fraction of sp³-hybridized carbons (Fsp3) is 0.526. The highest BCUT2D eigenvalue weighted by atomic mass is 32.2. The predicted molar refractivity (Wildman–Crippen MR) is 103 cm³/mol. The summed E-state index contributed by atoms with van der Waals surface area (Å²) in [7, 11) is -3.76. The van der Waals surface area contributed by atoms with Crippen LogP contribution in [0.25, 0.3) is 0 Å². The molecule has 0 aromatic heterocycles. The lowest BCUT2D eigenvalue weighted by Crippen LogP contribution is -2.49. The third-order valence-corrected chi connectivity index (χ3v) is 6.04. The summed E-state index contributed by atoms with van der Waals surface area (Å²) in [6, 6.07) is 5.93. The van der Waals surface area contributed by atoms with Crippen LogP contribution >= 0.6 is 0 Å². The molecule has 0 radical (unpaired) electrons. The van der Waals surface area contributed by atoms with E-state index >= 15 is 0 Å². The quantitative estimate of drug-likeness (QED) is 0.738. The molecule has 3 rings (SSSR count). The Morgan fingerprint density at radius 2 is 2.04 bits per heavy atom. The largest absolute Gasteiger partial charge is 0.454 e. The van der Waals surface area contributed by atoms with Crippen molar-refractivity contribution in [2.45, 2.75) is 44.0 Å². The third-order valence-electron chi connectivity index (χ3n) is 4.71. The van der Waals surface area contributed by atoms with E-state index in [0.717, 1.165) is 12.8 Å². The number of likely N-dealkylation sites (tertiary alicyclic amines) is 1. The Hall–Kier alpha value is -2.42. The lowest BCUT2D eigenvalue weighted by atomic mass is 10.0. The first-order valence-electron chi connectivity index (χ1n) is 9.44. The molecule has 1 saturated heterocycles. The van der Waals surface area contributed by atoms with Gasteiger partial charge in [-0.05, 0) is 37.3 Å². The van der Waals surface area contributed by atoms with Gasteiger partial charge in [-0.1, -0.05) is 26.0 Å². The molecular weight excluding hydrogens is 382 g/mol. The van der Waals surface area contributed by atoms with Crippen LogP contribution in [-0.4, -0.2) is 56.8 Å². The molecule has 152 valence electrons. The third kappa shape index (κ3) is 4.35. The van der Waals surface area contributed by atoms with E-state index in [9.17, 15) is 18.0 Å². The highest BCUT2D eigenvalue weighted by Crippen LogP contribution is 2.30. The smallest absolute Gasteiger partial charge is 0.329 e. The van der Waals surface area contributed by atoms with Gasteiger partial charge in [0.2, 0.25) is 0 Å². The Morgan fingerprint density at radius 3 is 2.79 bits per heavy atom. The van der Waals surface area contributed by atoms with Crippen LogP contribution in [0.4, 0.5) is 0 Å². The molecule has 0 saturated carbocycles. The van der Waals surface area contributed by atoms with E-state index in [2.05, 4.69) is 9.71 Å². The van der Waals surface area contributed by atoms with Gasteiger partial charge < -0.3 is 15.0 Å². The summed E-state index contributed by atoms with van der Waals surface area (Å²) < 4.78 is 33.8. The first-order chi connectivity index (χ1) is 13.3. The number of rotatable bonds is 5. The topological polar surface area (TPSA) is 105 Å². The second-order valence-electron chi connectivity index (χ2n) is 7.40. The van der Waals surface area contributed by atoms with E-state index in [1.54, 1.807) is 23.1 Å². The Kier molecular flexibility index (Phi) is 6.02. The fourth-order valence-electron chi connectivity index (χ4n) is 3.33. The van der Waals surface area contributed by atoms with Crippen molar-refractivity contribution in [3.8, 4) is 0 Å². The number of hydrogen-bond acceptors (Lipinski definition) is 6. The number of esters is 1. The van der Waals surface area contributed by atoms with Crippen molar-refractivity contribution in [2.75, 3.05) is 19.7 Å². The molecule has 2 aliphatic heterocycles. The number of hydrogen-bond donors (Lipinski definition) is 1. The van der Waals surface area contributed by atoms with Gasteiger partial charge in [-0.3, -0.25) is 4.79 Å². The van der Waals surface area contributed by atoms with E-state index in [1.165, 1.54) is 6.07 Å². The van der Waals surface area contributed by atoms with E-state index < -0.39 is 22.0 Å². The number of sulfonamides is 1. The average molecular weight is 407 g/mol. The lowest BCUT2D eigenvalue weighted by molar-refractivity contribution is -0.153. The minimum Gasteiger partial charge on any atom is -0.454 e. The number of nitrogens with one attached hydrogen (secondary N) is 1. The maximum Gasteiger partial charge on any atom is 0.329 e. The first kappa shape index (κ1) is 20.3. The molecule has 2 aliphatic rings. The number of amidine groups is 1. The van der Waals surface area contributed by atoms with Gasteiger partial charge in [-0.15, -0.1) is 4.40 Å². The van der Waals surface area contributed by atoms with E-state index in [-0.39, 0.29) is 23.2 Å². The van der Waals surface area contributed by atoms with Crippen LogP contribution in [0.1, 0.15) is 38.7 Å². The van der Waals surface area contributed by atoms with Gasteiger partial charge in [-0.2, -0.15) is 8.42 Å². The fourth-order valence-corrected chi connectivity index (χ4v) is 4.54. The van der Waals surface area contributed by atoms with Gasteiger partial charge in [0, 0.05) is 18.7 Å². The molecule has 8 nitrogen and oxygen atoms in total. The highest BCUT2D eigenvalue weighted by Gasteiger charge is 2.38. The standard InChI is InChI=1S/C19H25N3O5S/c1-13(2)11-20-17(23)12-27-19(24)15-8-5-6-10-22(15)18-14-7-3-4-9-16(14)28(25,26)21-18/h3-4,7,9,13,15H,5-6,8,10-12H2,1-2H3,(H,20,23)/t15-/m0/s1. The molecule has 0 unspecified atom stereocenters. The normalized spacial score (nSPS) is 20.5. The van der Waals surface area contributed by atoms with Crippen molar-refractivity contribution < 1.29 is 22.7 Å². The summed E-state index contributed by atoms with van der Waals surface area (Å²) in [5, 5.41) is 2.70. The Bertz CT molecular complexity index is 895. The van der Waals surface area contributed by atoms with Crippen molar-refractivity contribution >= 4 is 27.7 Å². The van der Waals surface area contributed by atoms with Crippen LogP contribution in [0.5, 0.6) is 0 Å². The van der Waals surface area contributed by atoms with Crippen LogP contribution in [0.15, 0.2) is 33.6 Å².